The molecule has 0 radical (unpaired) electrons. The second kappa shape index (κ2) is 12.3. The maximum atomic E-state index is 14.0. The van der Waals surface area contributed by atoms with E-state index in [1.807, 2.05) is 36.4 Å². The lowest BCUT2D eigenvalue weighted by Crippen LogP contribution is -2.25. The van der Waals surface area contributed by atoms with E-state index in [1.54, 1.807) is 37.4 Å². The van der Waals surface area contributed by atoms with Crippen LogP contribution < -0.4 is 15.4 Å². The Morgan fingerprint density at radius 2 is 1.55 bits per heavy atom. The van der Waals surface area contributed by atoms with Crippen LogP contribution in [0.25, 0.3) is 11.1 Å². The third kappa shape index (κ3) is 6.75. The number of hydrogen-bond acceptors (Lipinski definition) is 3. The van der Waals surface area contributed by atoms with Crippen LogP contribution in [0.1, 0.15) is 27.0 Å². The summed E-state index contributed by atoms with van der Waals surface area (Å²) in [7, 11) is 1.58. The van der Waals surface area contributed by atoms with Crippen molar-refractivity contribution in [2.24, 2.45) is 0 Å². The summed E-state index contributed by atoms with van der Waals surface area (Å²) in [4.78, 5) is 25.7. The molecule has 0 aliphatic carbocycles. The fourth-order valence-corrected chi connectivity index (χ4v) is 4.17. The molecule has 4 aromatic rings. The summed E-state index contributed by atoms with van der Waals surface area (Å²) in [5.74, 6) is -1.32. The molecule has 0 heterocycles. The molecule has 0 bridgehead atoms. The minimum absolute atomic E-state index is 0.115. The standard InChI is InChI=1S/C30H25ClF2N2O3/c1-38-24-11-6-19(7-12-24)14-29(36)34-17-20-4-2-3-5-25(20)27-15-22(31)9-13-26(27)30(37)35-18-21-8-10-23(32)16-28(21)33/h2-13,15-16H,14,17-18H2,1H3,(H,34,36)(H,35,37). The highest BCUT2D eigenvalue weighted by Gasteiger charge is 2.17. The van der Waals surface area contributed by atoms with Crippen molar-refractivity contribution < 1.29 is 23.1 Å². The largest absolute Gasteiger partial charge is 0.497 e. The van der Waals surface area contributed by atoms with Crippen molar-refractivity contribution in [3.8, 4) is 16.9 Å². The third-order valence-corrected chi connectivity index (χ3v) is 6.22. The van der Waals surface area contributed by atoms with Gasteiger partial charge in [-0.25, -0.2) is 8.78 Å². The summed E-state index contributed by atoms with van der Waals surface area (Å²) in [6, 6.07) is 22.7. The second-order valence-corrected chi connectivity index (χ2v) is 9.00. The van der Waals surface area contributed by atoms with Gasteiger partial charge in [0.1, 0.15) is 17.4 Å². The number of benzene rings is 4. The first kappa shape index (κ1) is 26.8. The quantitative estimate of drug-likeness (QED) is 0.273. The number of halogens is 3. The Labute approximate surface area is 224 Å². The summed E-state index contributed by atoms with van der Waals surface area (Å²) < 4.78 is 32.4. The molecule has 0 saturated heterocycles. The lowest BCUT2D eigenvalue weighted by atomic mass is 9.94. The van der Waals surface area contributed by atoms with E-state index >= 15 is 0 Å². The average molecular weight is 535 g/mol. The fraction of sp³-hybridized carbons (Fsp3) is 0.133. The van der Waals surface area contributed by atoms with Gasteiger partial charge >= 0.3 is 0 Å². The van der Waals surface area contributed by atoms with Crippen LogP contribution in [0.3, 0.4) is 0 Å². The first-order valence-electron chi connectivity index (χ1n) is 11.8. The van der Waals surface area contributed by atoms with Crippen molar-refractivity contribution in [2.75, 3.05) is 7.11 Å². The van der Waals surface area contributed by atoms with Crippen LogP contribution >= 0.6 is 11.6 Å². The summed E-state index contributed by atoms with van der Waals surface area (Å²) in [5.41, 5.74) is 3.41. The molecular formula is C30H25ClF2N2O3. The number of rotatable bonds is 9. The van der Waals surface area contributed by atoms with Crippen molar-refractivity contribution in [1.29, 1.82) is 0 Å². The number of nitrogens with one attached hydrogen (secondary N) is 2. The van der Waals surface area contributed by atoms with E-state index in [1.165, 1.54) is 6.07 Å². The first-order valence-corrected chi connectivity index (χ1v) is 12.2. The van der Waals surface area contributed by atoms with E-state index in [9.17, 15) is 18.4 Å². The van der Waals surface area contributed by atoms with Crippen molar-refractivity contribution in [2.45, 2.75) is 19.5 Å². The van der Waals surface area contributed by atoms with Gasteiger partial charge in [-0.05, 0) is 58.7 Å². The molecule has 194 valence electrons. The normalized spacial score (nSPS) is 10.6. The monoisotopic (exact) mass is 534 g/mol. The highest BCUT2D eigenvalue weighted by molar-refractivity contribution is 6.31. The number of carbonyl (C=O) groups excluding carboxylic acids is 2. The molecule has 0 aliphatic rings. The zero-order valence-corrected chi connectivity index (χ0v) is 21.3. The van der Waals surface area contributed by atoms with E-state index in [4.69, 9.17) is 16.3 Å². The SMILES string of the molecule is COc1ccc(CC(=O)NCc2ccccc2-c2cc(Cl)ccc2C(=O)NCc2ccc(F)cc2F)cc1. The molecule has 0 unspecified atom stereocenters. The molecule has 0 aliphatic heterocycles. The lowest BCUT2D eigenvalue weighted by molar-refractivity contribution is -0.120. The predicted molar refractivity (Wildman–Crippen MR) is 143 cm³/mol. The van der Waals surface area contributed by atoms with Gasteiger partial charge in [0.05, 0.1) is 13.5 Å². The van der Waals surface area contributed by atoms with Crippen LogP contribution in [-0.4, -0.2) is 18.9 Å². The lowest BCUT2D eigenvalue weighted by Gasteiger charge is -2.15. The van der Waals surface area contributed by atoms with Gasteiger partial charge < -0.3 is 15.4 Å². The minimum atomic E-state index is -0.739. The Hall–Kier alpha value is -4.23. The molecule has 8 heteroatoms. The number of carbonyl (C=O) groups is 2. The smallest absolute Gasteiger partial charge is 0.252 e. The van der Waals surface area contributed by atoms with Crippen molar-refractivity contribution >= 4 is 23.4 Å². The Balaban J connectivity index is 1.51. The van der Waals surface area contributed by atoms with Gasteiger partial charge in [-0.3, -0.25) is 9.59 Å². The van der Waals surface area contributed by atoms with Crippen LogP contribution in [0, 0.1) is 11.6 Å². The van der Waals surface area contributed by atoms with E-state index in [0.717, 1.165) is 28.8 Å². The maximum Gasteiger partial charge on any atom is 0.252 e. The Kier molecular flexibility index (Phi) is 8.71. The number of amides is 2. The highest BCUT2D eigenvalue weighted by Crippen LogP contribution is 2.30. The Bertz CT molecular complexity index is 1460. The molecule has 5 nitrogen and oxygen atoms in total. The van der Waals surface area contributed by atoms with Crippen LogP contribution in [-0.2, 0) is 24.3 Å². The topological polar surface area (TPSA) is 67.4 Å². The van der Waals surface area contributed by atoms with Crippen LogP contribution in [0.15, 0.2) is 84.9 Å². The molecule has 2 amide bonds. The van der Waals surface area contributed by atoms with Gasteiger partial charge in [0.15, 0.2) is 0 Å². The molecular weight excluding hydrogens is 510 g/mol. The van der Waals surface area contributed by atoms with Gasteiger partial charge in [0.2, 0.25) is 5.91 Å². The molecule has 2 N–H and O–H groups in total. The fourth-order valence-electron chi connectivity index (χ4n) is 4.00. The van der Waals surface area contributed by atoms with Crippen molar-refractivity contribution in [1.82, 2.24) is 10.6 Å². The highest BCUT2D eigenvalue weighted by atomic mass is 35.5. The molecule has 0 fully saturated rings. The van der Waals surface area contributed by atoms with E-state index in [-0.39, 0.29) is 31.0 Å². The van der Waals surface area contributed by atoms with Gasteiger partial charge in [0, 0.05) is 35.3 Å². The molecule has 4 aromatic carbocycles. The van der Waals surface area contributed by atoms with Gasteiger partial charge in [-0.2, -0.15) is 0 Å². The van der Waals surface area contributed by atoms with Crippen molar-refractivity contribution in [3.05, 3.63) is 124 Å². The first-order chi connectivity index (χ1) is 18.3. The summed E-state index contributed by atoms with van der Waals surface area (Å²) in [5, 5.41) is 6.05. The van der Waals surface area contributed by atoms with Gasteiger partial charge in [0.25, 0.3) is 5.91 Å². The van der Waals surface area contributed by atoms with Crippen molar-refractivity contribution in [3.63, 3.8) is 0 Å². The molecule has 4 rings (SSSR count). The molecule has 38 heavy (non-hydrogen) atoms. The second-order valence-electron chi connectivity index (χ2n) is 8.57. The van der Waals surface area contributed by atoms with Crippen LogP contribution in [0.2, 0.25) is 5.02 Å². The molecule has 0 aromatic heterocycles. The van der Waals surface area contributed by atoms with E-state index in [2.05, 4.69) is 10.6 Å². The molecule has 0 spiro atoms. The summed E-state index contributed by atoms with van der Waals surface area (Å²) in [6.07, 6.45) is 0.205. The predicted octanol–water partition coefficient (Wildman–Crippen LogP) is 6.08. The average Bonchev–Trinajstić information content (AvgIpc) is 2.92. The van der Waals surface area contributed by atoms with Gasteiger partial charge in [-0.1, -0.05) is 54.1 Å². The van der Waals surface area contributed by atoms with Gasteiger partial charge in [-0.15, -0.1) is 0 Å². The van der Waals surface area contributed by atoms with Crippen LogP contribution in [0.5, 0.6) is 5.75 Å². The zero-order valence-electron chi connectivity index (χ0n) is 20.6. The zero-order chi connectivity index (χ0) is 27.1. The Morgan fingerprint density at radius 3 is 2.29 bits per heavy atom. The summed E-state index contributed by atoms with van der Waals surface area (Å²) >= 11 is 6.28. The van der Waals surface area contributed by atoms with E-state index in [0.29, 0.717) is 21.9 Å². The Morgan fingerprint density at radius 1 is 0.816 bits per heavy atom. The number of hydrogen-bond donors (Lipinski definition) is 2. The summed E-state index contributed by atoms with van der Waals surface area (Å²) in [6.45, 7) is 0.121. The molecule has 0 saturated carbocycles. The van der Waals surface area contributed by atoms with E-state index < -0.39 is 17.5 Å². The van der Waals surface area contributed by atoms with Crippen LogP contribution in [0.4, 0.5) is 8.78 Å². The number of methoxy groups -OCH3 is 1. The molecule has 0 atom stereocenters. The number of ether oxygens (including phenoxy) is 1. The maximum absolute atomic E-state index is 14.0. The third-order valence-electron chi connectivity index (χ3n) is 5.99. The minimum Gasteiger partial charge on any atom is -0.497 e.